The second-order valence-electron chi connectivity index (χ2n) is 6.92. The number of aryl methyl sites for hydroxylation is 1. The van der Waals surface area contributed by atoms with Crippen LogP contribution < -0.4 is 5.32 Å². The zero-order chi connectivity index (χ0) is 15.7. The molecule has 1 aromatic rings. The summed E-state index contributed by atoms with van der Waals surface area (Å²) in [5.74, 6) is 0. The second-order valence-corrected chi connectivity index (χ2v) is 9.06. The monoisotopic (exact) mass is 309 g/mol. The fraction of sp³-hybridized carbons (Fsp3) is 0.647. The van der Waals surface area contributed by atoms with Gasteiger partial charge in [-0.05, 0) is 49.8 Å². The van der Waals surface area contributed by atoms with Crippen LogP contribution in [-0.4, -0.2) is 26.3 Å². The Morgan fingerprint density at radius 2 is 1.95 bits per heavy atom. The first kappa shape index (κ1) is 16.5. The summed E-state index contributed by atoms with van der Waals surface area (Å²) >= 11 is 0. The summed E-state index contributed by atoms with van der Waals surface area (Å²) in [7, 11) is -3.30. The van der Waals surface area contributed by atoms with Crippen molar-refractivity contribution in [2.75, 3.05) is 6.54 Å². The van der Waals surface area contributed by atoms with E-state index in [2.05, 4.69) is 19.2 Å². The van der Waals surface area contributed by atoms with Gasteiger partial charge in [0.15, 0.2) is 9.84 Å². The summed E-state index contributed by atoms with van der Waals surface area (Å²) in [6, 6.07) is 7.39. The van der Waals surface area contributed by atoms with Crippen LogP contribution in [0.3, 0.4) is 0 Å². The Morgan fingerprint density at radius 1 is 1.29 bits per heavy atom. The van der Waals surface area contributed by atoms with Gasteiger partial charge in [-0.2, -0.15) is 0 Å². The molecule has 0 spiro atoms. The fourth-order valence-corrected chi connectivity index (χ4v) is 5.83. The normalized spacial score (nSPS) is 25.7. The summed E-state index contributed by atoms with van der Waals surface area (Å²) in [5.41, 5.74) is 0.933. The number of hydrogen-bond acceptors (Lipinski definition) is 3. The van der Waals surface area contributed by atoms with Gasteiger partial charge in [0.25, 0.3) is 0 Å². The Bertz CT molecular complexity index is 593. The number of sulfone groups is 1. The summed E-state index contributed by atoms with van der Waals surface area (Å²) in [5, 5.41) is 3.06. The van der Waals surface area contributed by atoms with Crippen molar-refractivity contribution in [3.05, 3.63) is 29.8 Å². The summed E-state index contributed by atoms with van der Waals surface area (Å²) < 4.78 is 26.3. The molecule has 4 heteroatoms. The third-order valence-electron chi connectivity index (χ3n) is 4.60. The van der Waals surface area contributed by atoms with Crippen LogP contribution in [0.15, 0.2) is 29.2 Å². The second kappa shape index (κ2) is 6.09. The molecule has 2 rings (SSSR count). The van der Waals surface area contributed by atoms with Crippen molar-refractivity contribution >= 4 is 9.84 Å². The minimum atomic E-state index is -3.30. The number of benzene rings is 1. The Hall–Kier alpha value is -0.870. The molecule has 0 saturated heterocycles. The van der Waals surface area contributed by atoms with Crippen LogP contribution in [0.2, 0.25) is 0 Å². The molecule has 2 unspecified atom stereocenters. The molecule has 0 amide bonds. The highest BCUT2D eigenvalue weighted by Gasteiger charge is 2.42. The average molecular weight is 309 g/mol. The van der Waals surface area contributed by atoms with Crippen molar-refractivity contribution in [3.8, 4) is 0 Å². The maximum absolute atomic E-state index is 13.1. The van der Waals surface area contributed by atoms with E-state index >= 15 is 0 Å². The van der Waals surface area contributed by atoms with Gasteiger partial charge >= 0.3 is 0 Å². The maximum atomic E-state index is 13.1. The van der Waals surface area contributed by atoms with Crippen LogP contribution in [0.1, 0.15) is 45.6 Å². The molecule has 1 fully saturated rings. The van der Waals surface area contributed by atoms with E-state index < -0.39 is 9.84 Å². The van der Waals surface area contributed by atoms with E-state index in [1.807, 2.05) is 32.0 Å². The smallest absolute Gasteiger partial charge is 0.183 e. The average Bonchev–Trinajstić information content (AvgIpc) is 2.41. The zero-order valence-electron chi connectivity index (χ0n) is 13.5. The Labute approximate surface area is 129 Å². The highest BCUT2D eigenvalue weighted by Crippen LogP contribution is 2.40. The van der Waals surface area contributed by atoms with Gasteiger partial charge in [-0.1, -0.05) is 39.0 Å². The first-order valence-corrected chi connectivity index (χ1v) is 9.35. The quantitative estimate of drug-likeness (QED) is 0.928. The van der Waals surface area contributed by atoms with Crippen LogP contribution >= 0.6 is 0 Å². The molecule has 2 atom stereocenters. The van der Waals surface area contributed by atoms with E-state index in [-0.39, 0.29) is 16.7 Å². The maximum Gasteiger partial charge on any atom is 0.183 e. The van der Waals surface area contributed by atoms with Crippen molar-refractivity contribution in [2.24, 2.45) is 5.41 Å². The Kier molecular flexibility index (Phi) is 4.79. The Morgan fingerprint density at radius 3 is 2.57 bits per heavy atom. The van der Waals surface area contributed by atoms with E-state index in [1.54, 1.807) is 6.07 Å². The molecule has 1 N–H and O–H groups in total. The lowest BCUT2D eigenvalue weighted by Crippen LogP contribution is -2.50. The summed E-state index contributed by atoms with van der Waals surface area (Å²) in [6.07, 6.45) is 2.72. The van der Waals surface area contributed by atoms with Crippen LogP contribution in [0.4, 0.5) is 0 Å². The highest BCUT2D eigenvalue weighted by atomic mass is 32.2. The van der Waals surface area contributed by atoms with Crippen LogP contribution in [0.25, 0.3) is 0 Å². The molecule has 0 aliphatic heterocycles. The topological polar surface area (TPSA) is 46.2 Å². The van der Waals surface area contributed by atoms with E-state index in [1.165, 1.54) is 0 Å². The van der Waals surface area contributed by atoms with E-state index in [4.69, 9.17) is 0 Å². The highest BCUT2D eigenvalue weighted by molar-refractivity contribution is 7.92. The van der Waals surface area contributed by atoms with E-state index in [9.17, 15) is 8.42 Å². The fourth-order valence-electron chi connectivity index (χ4n) is 3.38. The summed E-state index contributed by atoms with van der Waals surface area (Å²) in [4.78, 5) is 0.496. The van der Waals surface area contributed by atoms with Gasteiger partial charge in [-0.25, -0.2) is 8.42 Å². The van der Waals surface area contributed by atoms with Crippen molar-refractivity contribution in [3.63, 3.8) is 0 Å². The lowest BCUT2D eigenvalue weighted by molar-refractivity contribution is 0.210. The van der Waals surface area contributed by atoms with Gasteiger partial charge in [0, 0.05) is 6.04 Å². The predicted octanol–water partition coefficient (Wildman–Crippen LogP) is 3.33. The molecule has 21 heavy (non-hydrogen) atoms. The van der Waals surface area contributed by atoms with E-state index in [0.717, 1.165) is 31.4 Å². The molecule has 118 valence electrons. The molecule has 0 aromatic heterocycles. The minimum Gasteiger partial charge on any atom is -0.313 e. The first-order valence-electron chi connectivity index (χ1n) is 7.81. The van der Waals surface area contributed by atoms with Crippen LogP contribution in [0.5, 0.6) is 0 Å². The molecular weight excluding hydrogens is 282 g/mol. The molecule has 0 heterocycles. The molecule has 3 nitrogen and oxygen atoms in total. The minimum absolute atomic E-state index is 0.0626. The molecule has 1 aromatic carbocycles. The Balaban J connectivity index is 2.41. The molecular formula is C17H27NO2S. The first-order chi connectivity index (χ1) is 9.78. The number of rotatable bonds is 4. The third-order valence-corrected chi connectivity index (χ3v) is 6.96. The van der Waals surface area contributed by atoms with Crippen LogP contribution in [-0.2, 0) is 9.84 Å². The van der Waals surface area contributed by atoms with Crippen molar-refractivity contribution in [2.45, 2.75) is 63.1 Å². The summed E-state index contributed by atoms with van der Waals surface area (Å²) in [6.45, 7) is 9.08. The van der Waals surface area contributed by atoms with E-state index in [0.29, 0.717) is 4.90 Å². The predicted molar refractivity (Wildman–Crippen MR) is 87.2 cm³/mol. The molecule has 1 aliphatic carbocycles. The van der Waals surface area contributed by atoms with Gasteiger partial charge in [0.05, 0.1) is 10.1 Å². The van der Waals surface area contributed by atoms with Gasteiger partial charge < -0.3 is 5.32 Å². The van der Waals surface area contributed by atoms with Crippen molar-refractivity contribution in [1.29, 1.82) is 0 Å². The lowest BCUT2D eigenvalue weighted by Gasteiger charge is -2.40. The van der Waals surface area contributed by atoms with Gasteiger partial charge in [0.2, 0.25) is 0 Å². The van der Waals surface area contributed by atoms with Crippen molar-refractivity contribution in [1.82, 2.24) is 5.32 Å². The number of hydrogen-bond donors (Lipinski definition) is 1. The van der Waals surface area contributed by atoms with Crippen LogP contribution in [0, 0.1) is 12.3 Å². The van der Waals surface area contributed by atoms with Gasteiger partial charge in [0.1, 0.15) is 0 Å². The molecule has 0 bridgehead atoms. The standard InChI is InChI=1S/C17H27NO2S/c1-5-18-14-10-11-17(3,4)12-16(14)21(19,20)15-9-7-6-8-13(15)2/h6-9,14,16,18H,5,10-12H2,1-4H3. The van der Waals surface area contributed by atoms with Gasteiger partial charge in [-0.3, -0.25) is 0 Å². The number of nitrogens with one attached hydrogen (secondary N) is 1. The largest absolute Gasteiger partial charge is 0.313 e. The SMILES string of the molecule is CCNC1CCC(C)(C)CC1S(=O)(=O)c1ccccc1C. The van der Waals surface area contributed by atoms with Gasteiger partial charge in [-0.15, -0.1) is 0 Å². The third kappa shape index (κ3) is 3.49. The molecule has 0 radical (unpaired) electrons. The molecule has 1 aliphatic rings. The van der Waals surface area contributed by atoms with Crippen molar-refractivity contribution < 1.29 is 8.42 Å². The lowest BCUT2D eigenvalue weighted by atomic mass is 9.75. The zero-order valence-corrected chi connectivity index (χ0v) is 14.3. The molecule has 1 saturated carbocycles.